The van der Waals surface area contributed by atoms with Crippen molar-refractivity contribution >= 4 is 47.4 Å². The van der Waals surface area contributed by atoms with Crippen LogP contribution in [0, 0.1) is 6.92 Å². The third-order valence-corrected chi connectivity index (χ3v) is 6.56. The van der Waals surface area contributed by atoms with E-state index in [9.17, 15) is 14.7 Å². The molecule has 0 aromatic heterocycles. The van der Waals surface area contributed by atoms with Crippen LogP contribution in [-0.2, 0) is 4.79 Å². The van der Waals surface area contributed by atoms with Gasteiger partial charge in [0.05, 0.1) is 31.3 Å². The van der Waals surface area contributed by atoms with Gasteiger partial charge < -0.3 is 19.5 Å². The molecule has 3 aromatic carbocycles. The number of halogens is 1. The lowest BCUT2D eigenvalue weighted by Gasteiger charge is -2.34. The number of hydrazine groups is 1. The third kappa shape index (κ3) is 7.03. The Balaban J connectivity index is 0.00000420. The first-order valence-corrected chi connectivity index (χ1v) is 12.6. The number of benzene rings is 3. The summed E-state index contributed by atoms with van der Waals surface area (Å²) in [4.78, 5) is 27.5. The van der Waals surface area contributed by atoms with Gasteiger partial charge in [-0.15, -0.1) is 12.4 Å². The van der Waals surface area contributed by atoms with Gasteiger partial charge in [0.2, 0.25) is 0 Å². The van der Waals surface area contributed by atoms with E-state index in [0.717, 1.165) is 54.3 Å². The molecule has 1 amide bonds. The van der Waals surface area contributed by atoms with Crippen LogP contribution < -0.4 is 24.8 Å². The molecule has 4 rings (SSSR count). The number of ether oxygens (including phenoxy) is 2. The molecule has 1 heterocycles. The topological polar surface area (TPSA) is 91.3 Å². The summed E-state index contributed by atoms with van der Waals surface area (Å²) in [6.07, 6.45) is 6.55. The molecule has 0 atom stereocenters. The highest BCUT2D eigenvalue weighted by Crippen LogP contribution is 2.35. The number of rotatable bonds is 9. The fourth-order valence-electron chi connectivity index (χ4n) is 4.57. The second-order valence-corrected chi connectivity index (χ2v) is 9.10. The Bertz CT molecular complexity index is 1320. The van der Waals surface area contributed by atoms with Crippen LogP contribution >= 0.6 is 12.4 Å². The summed E-state index contributed by atoms with van der Waals surface area (Å²) in [5.41, 5.74) is 7.48. The van der Waals surface area contributed by atoms with E-state index < -0.39 is 5.97 Å². The number of piperidine rings is 1. The molecule has 1 saturated heterocycles. The number of carbonyl (C=O) groups is 2. The Morgan fingerprint density at radius 2 is 1.69 bits per heavy atom. The first-order chi connectivity index (χ1) is 18.4. The van der Waals surface area contributed by atoms with Crippen LogP contribution in [0.2, 0.25) is 0 Å². The van der Waals surface area contributed by atoms with Gasteiger partial charge in [0.25, 0.3) is 5.91 Å². The lowest BCUT2D eigenvalue weighted by atomic mass is 10.1. The Labute approximate surface area is 235 Å². The zero-order valence-electron chi connectivity index (χ0n) is 22.3. The van der Waals surface area contributed by atoms with Gasteiger partial charge in [-0.25, -0.2) is 9.80 Å². The first-order valence-electron chi connectivity index (χ1n) is 12.6. The fourth-order valence-corrected chi connectivity index (χ4v) is 4.57. The van der Waals surface area contributed by atoms with Crippen molar-refractivity contribution in [3.05, 3.63) is 83.4 Å². The van der Waals surface area contributed by atoms with Crippen molar-refractivity contribution in [2.45, 2.75) is 26.2 Å². The number of aromatic carboxylic acids is 1. The van der Waals surface area contributed by atoms with Gasteiger partial charge in [-0.2, -0.15) is 0 Å². The number of hydrogen-bond acceptors (Lipinski definition) is 6. The maximum Gasteiger partial charge on any atom is 0.339 e. The van der Waals surface area contributed by atoms with E-state index in [1.54, 1.807) is 30.3 Å². The highest BCUT2D eigenvalue weighted by Gasteiger charge is 2.24. The van der Waals surface area contributed by atoms with Gasteiger partial charge in [0.1, 0.15) is 17.1 Å². The number of anilines is 3. The maximum absolute atomic E-state index is 13.8. The van der Waals surface area contributed by atoms with Crippen LogP contribution in [0.15, 0.2) is 66.7 Å². The lowest BCUT2D eigenvalue weighted by Crippen LogP contribution is -2.38. The first kappa shape index (κ1) is 29.4. The number of hydrogen-bond donors (Lipinski definition) is 2. The van der Waals surface area contributed by atoms with E-state index >= 15 is 0 Å². The Morgan fingerprint density at radius 1 is 0.974 bits per heavy atom. The van der Waals surface area contributed by atoms with Crippen LogP contribution in [0.4, 0.5) is 17.1 Å². The maximum atomic E-state index is 13.8. The number of aryl methyl sites for hydroxylation is 1. The van der Waals surface area contributed by atoms with Gasteiger partial charge in [0.15, 0.2) is 0 Å². The van der Waals surface area contributed by atoms with Gasteiger partial charge >= 0.3 is 5.97 Å². The molecule has 8 nitrogen and oxygen atoms in total. The Morgan fingerprint density at radius 3 is 2.33 bits per heavy atom. The number of methoxy groups -OCH3 is 2. The van der Waals surface area contributed by atoms with Crippen LogP contribution in [0.3, 0.4) is 0 Å². The number of para-hydroxylation sites is 1. The van der Waals surface area contributed by atoms with Crippen molar-refractivity contribution < 1.29 is 24.2 Å². The monoisotopic (exact) mass is 551 g/mol. The summed E-state index contributed by atoms with van der Waals surface area (Å²) in [6, 6.07) is 18.2. The quantitative estimate of drug-likeness (QED) is 0.242. The third-order valence-electron chi connectivity index (χ3n) is 6.56. The predicted octanol–water partition coefficient (Wildman–Crippen LogP) is 6.20. The Hall–Kier alpha value is -4.17. The zero-order chi connectivity index (χ0) is 27.1. The molecule has 1 aliphatic rings. The molecule has 9 heteroatoms. The van der Waals surface area contributed by atoms with E-state index in [-0.39, 0.29) is 29.6 Å². The van der Waals surface area contributed by atoms with Crippen molar-refractivity contribution in [1.82, 2.24) is 0 Å². The van der Waals surface area contributed by atoms with Crippen LogP contribution in [0.25, 0.3) is 6.08 Å². The molecule has 0 unspecified atom stereocenters. The molecule has 0 bridgehead atoms. The van der Waals surface area contributed by atoms with Crippen LogP contribution in [0.5, 0.6) is 11.5 Å². The summed E-state index contributed by atoms with van der Waals surface area (Å²) in [7, 11) is 3.03. The average molecular weight is 552 g/mol. The van der Waals surface area contributed by atoms with Crippen molar-refractivity contribution in [2.75, 3.05) is 42.6 Å². The number of nitrogens with zero attached hydrogens (tertiary/aromatic N) is 2. The predicted molar refractivity (Wildman–Crippen MR) is 158 cm³/mol. The summed E-state index contributed by atoms with van der Waals surface area (Å²) in [5.74, 6) is -0.411. The van der Waals surface area contributed by atoms with Crippen LogP contribution in [0.1, 0.15) is 40.7 Å². The lowest BCUT2D eigenvalue weighted by molar-refractivity contribution is -0.113. The highest BCUT2D eigenvalue weighted by atomic mass is 35.5. The van der Waals surface area contributed by atoms with E-state index in [4.69, 9.17) is 9.47 Å². The van der Waals surface area contributed by atoms with Gasteiger partial charge in [0, 0.05) is 19.2 Å². The van der Waals surface area contributed by atoms with Crippen LogP contribution in [-0.4, -0.2) is 44.3 Å². The minimum absolute atomic E-state index is 0. The van der Waals surface area contributed by atoms with Gasteiger partial charge in [-0.1, -0.05) is 18.2 Å². The van der Waals surface area contributed by atoms with E-state index in [2.05, 4.69) is 16.4 Å². The van der Waals surface area contributed by atoms with Crippen molar-refractivity contribution in [3.63, 3.8) is 0 Å². The molecule has 0 spiro atoms. The molecule has 1 aliphatic heterocycles. The minimum atomic E-state index is -1.08. The molecular weight excluding hydrogens is 518 g/mol. The Kier molecular flexibility index (Phi) is 10.2. The number of carbonyl (C=O) groups excluding carboxylic acids is 1. The SMILES string of the molecule is COc1ccc(NN(C(=O)/C=C/c2ccc(C(=O)O)c(OC)c2)c2c(C)cccc2N2CCCCC2)cc1.Cl. The summed E-state index contributed by atoms with van der Waals surface area (Å²) in [5, 5.41) is 10.9. The number of nitrogens with one attached hydrogen (secondary N) is 1. The van der Waals surface area contributed by atoms with E-state index in [1.165, 1.54) is 25.7 Å². The van der Waals surface area contributed by atoms with Gasteiger partial charge in [-0.3, -0.25) is 10.2 Å². The molecule has 39 heavy (non-hydrogen) atoms. The molecule has 3 aromatic rings. The molecule has 0 saturated carbocycles. The molecule has 0 radical (unpaired) electrons. The second kappa shape index (κ2) is 13.6. The van der Waals surface area contributed by atoms with Crippen molar-refractivity contribution in [2.24, 2.45) is 0 Å². The summed E-state index contributed by atoms with van der Waals surface area (Å²) in [6.45, 7) is 3.87. The molecule has 1 fully saturated rings. The number of amides is 1. The van der Waals surface area contributed by atoms with Gasteiger partial charge in [-0.05, 0) is 85.9 Å². The molecule has 206 valence electrons. The van der Waals surface area contributed by atoms with Crippen molar-refractivity contribution in [1.29, 1.82) is 0 Å². The standard InChI is InChI=1S/C30H33N3O5.ClH/c1-21-8-7-9-26(32-18-5-4-6-19-32)29(21)33(31-23-12-14-24(37-2)15-13-23)28(34)17-11-22-10-16-25(30(35)36)27(20-22)38-3;/h7-17,20,31H,4-6,18-19H2,1-3H3,(H,35,36);1H/b17-11+;. The highest BCUT2D eigenvalue weighted by molar-refractivity contribution is 6.07. The largest absolute Gasteiger partial charge is 0.497 e. The molecule has 0 aliphatic carbocycles. The van der Waals surface area contributed by atoms with Crippen molar-refractivity contribution in [3.8, 4) is 11.5 Å². The van der Waals surface area contributed by atoms with E-state index in [1.807, 2.05) is 43.3 Å². The zero-order valence-corrected chi connectivity index (χ0v) is 23.2. The number of carboxylic acids is 1. The fraction of sp³-hybridized carbons (Fsp3) is 0.267. The molecule has 2 N–H and O–H groups in total. The summed E-state index contributed by atoms with van der Waals surface area (Å²) < 4.78 is 10.5. The average Bonchev–Trinajstić information content (AvgIpc) is 2.95. The molecular formula is C30H34ClN3O5. The number of carboxylic acid groups (broad SMARTS) is 1. The summed E-state index contributed by atoms with van der Waals surface area (Å²) >= 11 is 0. The van der Waals surface area contributed by atoms with E-state index in [0.29, 0.717) is 5.56 Å². The minimum Gasteiger partial charge on any atom is -0.497 e. The normalized spacial score (nSPS) is 12.9. The smallest absolute Gasteiger partial charge is 0.339 e. The second-order valence-electron chi connectivity index (χ2n) is 9.10.